The number of hydrogen-bond acceptors (Lipinski definition) is 2. The van der Waals surface area contributed by atoms with Crippen LogP contribution in [0.15, 0.2) is 12.1 Å². The molecule has 1 aromatic carbocycles. The van der Waals surface area contributed by atoms with E-state index in [1.54, 1.807) is 13.8 Å². The summed E-state index contributed by atoms with van der Waals surface area (Å²) >= 11 is 0. The molecular formula is C12H13F4NO. The monoisotopic (exact) mass is 263 g/mol. The minimum absolute atomic E-state index is 0.278. The van der Waals surface area contributed by atoms with Crippen LogP contribution in [0.4, 0.5) is 17.6 Å². The predicted octanol–water partition coefficient (Wildman–Crippen LogP) is 3.41. The fraction of sp³-hybridized carbons (Fsp3) is 0.500. The molecule has 0 aliphatic carbocycles. The van der Waals surface area contributed by atoms with Gasteiger partial charge in [0, 0.05) is 18.0 Å². The third-order valence-electron chi connectivity index (χ3n) is 2.92. The van der Waals surface area contributed by atoms with Crippen LogP contribution in [0.5, 0.6) is 5.75 Å². The Morgan fingerprint density at radius 1 is 1.33 bits per heavy atom. The van der Waals surface area contributed by atoms with Crippen LogP contribution in [-0.4, -0.2) is 5.60 Å². The van der Waals surface area contributed by atoms with Crippen molar-refractivity contribution >= 4 is 0 Å². The first-order valence-electron chi connectivity index (χ1n) is 5.46. The highest BCUT2D eigenvalue weighted by Crippen LogP contribution is 2.43. The normalized spacial score (nSPS) is 22.3. The molecule has 1 aromatic rings. The van der Waals surface area contributed by atoms with Crippen LogP contribution in [-0.2, 0) is 6.18 Å². The standard InChI is InChI=1S/C12H13F4NO/c1-11(2)5-8(17)6-3-4-7(12(14,15)16)9(13)10(6)18-11/h3-4,8H,5,17H2,1-2H3/t8-/m1/s1. The molecule has 0 saturated heterocycles. The Kier molecular flexibility index (Phi) is 2.81. The van der Waals surface area contributed by atoms with E-state index in [0.717, 1.165) is 0 Å². The predicted molar refractivity (Wildman–Crippen MR) is 57.7 cm³/mol. The minimum atomic E-state index is -4.74. The van der Waals surface area contributed by atoms with Crippen molar-refractivity contribution in [1.82, 2.24) is 0 Å². The molecule has 2 N–H and O–H groups in total. The van der Waals surface area contributed by atoms with Crippen LogP contribution in [0, 0.1) is 5.82 Å². The minimum Gasteiger partial charge on any atom is -0.484 e. The zero-order chi connectivity index (χ0) is 13.7. The van der Waals surface area contributed by atoms with E-state index in [-0.39, 0.29) is 11.3 Å². The van der Waals surface area contributed by atoms with Crippen molar-refractivity contribution in [2.45, 2.75) is 38.1 Å². The Morgan fingerprint density at radius 3 is 2.50 bits per heavy atom. The van der Waals surface area contributed by atoms with Gasteiger partial charge in [-0.3, -0.25) is 0 Å². The smallest absolute Gasteiger partial charge is 0.419 e. The molecule has 18 heavy (non-hydrogen) atoms. The summed E-state index contributed by atoms with van der Waals surface area (Å²) in [4.78, 5) is 0. The van der Waals surface area contributed by atoms with Crippen molar-refractivity contribution in [2.75, 3.05) is 0 Å². The summed E-state index contributed by atoms with van der Waals surface area (Å²) in [5.41, 5.74) is 3.99. The van der Waals surface area contributed by atoms with Crippen LogP contribution in [0.25, 0.3) is 0 Å². The zero-order valence-electron chi connectivity index (χ0n) is 9.94. The fourth-order valence-electron chi connectivity index (χ4n) is 2.14. The maximum atomic E-state index is 13.9. The summed E-state index contributed by atoms with van der Waals surface area (Å²) in [5, 5.41) is 0. The van der Waals surface area contributed by atoms with Gasteiger partial charge in [-0.2, -0.15) is 13.2 Å². The van der Waals surface area contributed by atoms with E-state index in [9.17, 15) is 17.6 Å². The van der Waals surface area contributed by atoms with Gasteiger partial charge in [0.05, 0.1) is 5.56 Å². The van der Waals surface area contributed by atoms with E-state index in [1.807, 2.05) is 0 Å². The van der Waals surface area contributed by atoms with Gasteiger partial charge in [-0.15, -0.1) is 0 Å². The molecule has 6 heteroatoms. The van der Waals surface area contributed by atoms with Crippen molar-refractivity contribution < 1.29 is 22.3 Å². The van der Waals surface area contributed by atoms with Crippen LogP contribution < -0.4 is 10.5 Å². The molecule has 0 spiro atoms. The van der Waals surface area contributed by atoms with Gasteiger partial charge in [-0.05, 0) is 19.9 Å². The first-order valence-corrected chi connectivity index (χ1v) is 5.46. The molecule has 2 nitrogen and oxygen atoms in total. The molecule has 1 aliphatic rings. The third-order valence-corrected chi connectivity index (χ3v) is 2.92. The van der Waals surface area contributed by atoms with E-state index in [2.05, 4.69) is 0 Å². The summed E-state index contributed by atoms with van der Waals surface area (Å²) in [6.07, 6.45) is -4.32. The van der Waals surface area contributed by atoms with Crippen LogP contribution in [0.2, 0.25) is 0 Å². The molecule has 1 heterocycles. The van der Waals surface area contributed by atoms with E-state index in [4.69, 9.17) is 10.5 Å². The molecule has 0 fully saturated rings. The SMILES string of the molecule is CC1(C)C[C@@H](N)c2ccc(C(F)(F)F)c(F)c2O1. The molecule has 1 aliphatic heterocycles. The Balaban J connectivity index is 2.58. The lowest BCUT2D eigenvalue weighted by molar-refractivity contribution is -0.140. The third kappa shape index (κ3) is 2.16. The topological polar surface area (TPSA) is 35.2 Å². The van der Waals surface area contributed by atoms with E-state index in [0.29, 0.717) is 12.5 Å². The summed E-state index contributed by atoms with van der Waals surface area (Å²) in [6, 6.07) is 1.36. The Hall–Kier alpha value is -1.30. The molecule has 0 amide bonds. The molecule has 0 aromatic heterocycles. The second-order valence-electron chi connectivity index (χ2n) is 5.02. The Morgan fingerprint density at radius 2 is 1.94 bits per heavy atom. The van der Waals surface area contributed by atoms with Crippen LogP contribution >= 0.6 is 0 Å². The van der Waals surface area contributed by atoms with E-state index < -0.39 is 29.2 Å². The van der Waals surface area contributed by atoms with E-state index >= 15 is 0 Å². The summed E-state index contributed by atoms with van der Waals surface area (Å²) in [7, 11) is 0. The lowest BCUT2D eigenvalue weighted by atomic mass is 9.89. The van der Waals surface area contributed by atoms with Crippen molar-refractivity contribution in [3.05, 3.63) is 29.1 Å². The zero-order valence-corrected chi connectivity index (χ0v) is 9.94. The van der Waals surface area contributed by atoms with Crippen molar-refractivity contribution in [1.29, 1.82) is 0 Å². The van der Waals surface area contributed by atoms with Gasteiger partial charge in [-0.1, -0.05) is 6.07 Å². The molecular weight excluding hydrogens is 250 g/mol. The number of hydrogen-bond donors (Lipinski definition) is 1. The summed E-state index contributed by atoms with van der Waals surface area (Å²) in [6.45, 7) is 3.32. The van der Waals surface area contributed by atoms with Crippen molar-refractivity contribution in [3.8, 4) is 5.75 Å². The summed E-state index contributed by atoms with van der Waals surface area (Å²) < 4.78 is 56.9. The highest BCUT2D eigenvalue weighted by atomic mass is 19.4. The molecule has 0 saturated carbocycles. The number of rotatable bonds is 0. The molecule has 0 bridgehead atoms. The summed E-state index contributed by atoms with van der Waals surface area (Å²) in [5.74, 6) is -1.77. The average molecular weight is 263 g/mol. The largest absolute Gasteiger partial charge is 0.484 e. The molecule has 1 atom stereocenters. The van der Waals surface area contributed by atoms with E-state index in [1.165, 1.54) is 6.07 Å². The lowest BCUT2D eigenvalue weighted by Crippen LogP contribution is -2.38. The number of fused-ring (bicyclic) bond motifs is 1. The van der Waals surface area contributed by atoms with Gasteiger partial charge in [-0.25, -0.2) is 4.39 Å². The second-order valence-corrected chi connectivity index (χ2v) is 5.02. The molecule has 2 rings (SSSR count). The van der Waals surface area contributed by atoms with Crippen molar-refractivity contribution in [2.24, 2.45) is 5.73 Å². The van der Waals surface area contributed by atoms with Gasteiger partial charge < -0.3 is 10.5 Å². The number of ether oxygens (including phenoxy) is 1. The lowest BCUT2D eigenvalue weighted by Gasteiger charge is -2.36. The first-order chi connectivity index (χ1) is 8.12. The highest BCUT2D eigenvalue weighted by Gasteiger charge is 2.40. The van der Waals surface area contributed by atoms with Gasteiger partial charge in [0.15, 0.2) is 11.6 Å². The fourth-order valence-corrected chi connectivity index (χ4v) is 2.14. The maximum absolute atomic E-state index is 13.9. The number of halogens is 4. The first kappa shape index (κ1) is 13.1. The molecule has 0 radical (unpaired) electrons. The van der Waals surface area contributed by atoms with Crippen molar-refractivity contribution in [3.63, 3.8) is 0 Å². The molecule has 100 valence electrons. The Bertz CT molecular complexity index is 482. The van der Waals surface area contributed by atoms with Gasteiger partial charge in [0.1, 0.15) is 5.60 Å². The maximum Gasteiger partial charge on any atom is 0.419 e. The van der Waals surface area contributed by atoms with Crippen LogP contribution in [0.3, 0.4) is 0 Å². The second kappa shape index (κ2) is 3.85. The Labute approximate surface area is 102 Å². The number of benzene rings is 1. The number of alkyl halides is 3. The number of nitrogens with two attached hydrogens (primary N) is 1. The quantitative estimate of drug-likeness (QED) is 0.728. The average Bonchev–Trinajstić information content (AvgIpc) is 2.16. The van der Waals surface area contributed by atoms with Gasteiger partial charge >= 0.3 is 6.18 Å². The molecule has 0 unspecified atom stereocenters. The van der Waals surface area contributed by atoms with Gasteiger partial charge in [0.2, 0.25) is 0 Å². The van der Waals surface area contributed by atoms with Crippen LogP contribution in [0.1, 0.15) is 37.4 Å². The highest BCUT2D eigenvalue weighted by molar-refractivity contribution is 5.44. The van der Waals surface area contributed by atoms with Gasteiger partial charge in [0.25, 0.3) is 0 Å².